The summed E-state index contributed by atoms with van der Waals surface area (Å²) in [5.74, 6) is -0.333. The van der Waals surface area contributed by atoms with Crippen LogP contribution in [0.25, 0.3) is 0 Å². The van der Waals surface area contributed by atoms with Crippen LogP contribution in [0.5, 0.6) is 0 Å². The fraction of sp³-hybridized carbons (Fsp3) is 0.667. The van der Waals surface area contributed by atoms with Crippen LogP contribution in [0, 0.1) is 6.92 Å². The van der Waals surface area contributed by atoms with Gasteiger partial charge < -0.3 is 5.73 Å². The van der Waals surface area contributed by atoms with E-state index in [2.05, 4.69) is 10.3 Å². The lowest BCUT2D eigenvalue weighted by Gasteiger charge is -2.26. The SMILES string of the molecule is Cc1nc(C(NC2CCCCC2)C(N)=O)cs1. The Bertz CT molecular complexity index is 385. The van der Waals surface area contributed by atoms with Gasteiger partial charge in [0.25, 0.3) is 0 Å². The summed E-state index contributed by atoms with van der Waals surface area (Å²) < 4.78 is 0. The second-order valence-corrected chi connectivity index (χ2v) is 5.69. The Morgan fingerprint density at radius 2 is 2.24 bits per heavy atom. The Morgan fingerprint density at radius 1 is 1.53 bits per heavy atom. The average molecular weight is 253 g/mol. The summed E-state index contributed by atoms with van der Waals surface area (Å²) >= 11 is 1.55. The van der Waals surface area contributed by atoms with E-state index in [0.29, 0.717) is 6.04 Å². The molecule has 1 unspecified atom stereocenters. The Hall–Kier alpha value is -0.940. The van der Waals surface area contributed by atoms with Gasteiger partial charge >= 0.3 is 0 Å². The minimum Gasteiger partial charge on any atom is -0.368 e. The summed E-state index contributed by atoms with van der Waals surface area (Å²) in [7, 11) is 0. The Labute approximate surface area is 106 Å². The molecule has 0 spiro atoms. The van der Waals surface area contributed by atoms with Crippen molar-refractivity contribution in [2.45, 2.75) is 51.1 Å². The molecule has 5 heteroatoms. The molecule has 0 saturated heterocycles. The third-order valence-electron chi connectivity index (χ3n) is 3.22. The van der Waals surface area contributed by atoms with Crippen LogP contribution in [0.4, 0.5) is 0 Å². The van der Waals surface area contributed by atoms with E-state index in [4.69, 9.17) is 5.73 Å². The van der Waals surface area contributed by atoms with Gasteiger partial charge in [0.15, 0.2) is 0 Å². The van der Waals surface area contributed by atoms with Crippen LogP contribution in [0.2, 0.25) is 0 Å². The first kappa shape index (κ1) is 12.5. The van der Waals surface area contributed by atoms with Crippen LogP contribution in [0.15, 0.2) is 5.38 Å². The normalized spacial score (nSPS) is 19.1. The maximum Gasteiger partial charge on any atom is 0.240 e. The van der Waals surface area contributed by atoms with Crippen molar-refractivity contribution in [1.82, 2.24) is 10.3 Å². The van der Waals surface area contributed by atoms with E-state index in [1.54, 1.807) is 11.3 Å². The van der Waals surface area contributed by atoms with Gasteiger partial charge in [-0.25, -0.2) is 4.98 Å². The second-order valence-electron chi connectivity index (χ2n) is 4.63. The molecular weight excluding hydrogens is 234 g/mol. The lowest BCUT2D eigenvalue weighted by molar-refractivity contribution is -0.120. The molecule has 3 N–H and O–H groups in total. The summed E-state index contributed by atoms with van der Waals surface area (Å²) in [5.41, 5.74) is 6.23. The molecule has 1 atom stereocenters. The predicted octanol–water partition coefficient (Wildman–Crippen LogP) is 1.90. The lowest BCUT2D eigenvalue weighted by atomic mass is 9.94. The van der Waals surface area contributed by atoms with Crippen LogP contribution in [0.1, 0.15) is 48.8 Å². The number of carbonyl (C=O) groups excluding carboxylic acids is 1. The number of aromatic nitrogens is 1. The number of rotatable bonds is 4. The van der Waals surface area contributed by atoms with Gasteiger partial charge in [0, 0.05) is 11.4 Å². The molecule has 0 aliphatic heterocycles. The minimum absolute atomic E-state index is 0.333. The number of thiazole rings is 1. The largest absolute Gasteiger partial charge is 0.368 e. The highest BCUT2D eigenvalue weighted by molar-refractivity contribution is 7.09. The third-order valence-corrected chi connectivity index (χ3v) is 4.02. The number of nitrogens with two attached hydrogens (primary N) is 1. The number of nitrogens with one attached hydrogen (secondary N) is 1. The first-order valence-corrected chi connectivity index (χ1v) is 7.02. The number of carbonyl (C=O) groups is 1. The fourth-order valence-electron chi connectivity index (χ4n) is 2.33. The van der Waals surface area contributed by atoms with Crippen molar-refractivity contribution < 1.29 is 4.79 Å². The molecule has 1 aromatic heterocycles. The summed E-state index contributed by atoms with van der Waals surface area (Å²) in [6.45, 7) is 1.94. The molecule has 1 aliphatic carbocycles. The van der Waals surface area contributed by atoms with E-state index in [-0.39, 0.29) is 5.91 Å². The minimum atomic E-state index is -0.428. The average Bonchev–Trinajstić information content (AvgIpc) is 2.73. The fourth-order valence-corrected chi connectivity index (χ4v) is 2.97. The van der Waals surface area contributed by atoms with Gasteiger partial charge in [0.1, 0.15) is 6.04 Å². The van der Waals surface area contributed by atoms with Crippen LogP contribution >= 0.6 is 11.3 Å². The monoisotopic (exact) mass is 253 g/mol. The number of nitrogens with zero attached hydrogens (tertiary/aromatic N) is 1. The number of hydrogen-bond donors (Lipinski definition) is 2. The summed E-state index contributed by atoms with van der Waals surface area (Å²) in [4.78, 5) is 15.9. The topological polar surface area (TPSA) is 68.0 Å². The number of aryl methyl sites for hydroxylation is 1. The van der Waals surface area contributed by atoms with Crippen molar-refractivity contribution in [3.05, 3.63) is 16.1 Å². The molecule has 1 aromatic rings. The maximum atomic E-state index is 11.5. The molecule has 1 saturated carbocycles. The quantitative estimate of drug-likeness (QED) is 0.861. The molecule has 0 bridgehead atoms. The molecule has 1 fully saturated rings. The summed E-state index contributed by atoms with van der Waals surface area (Å²) in [5, 5.41) is 6.24. The molecule has 0 aromatic carbocycles. The van der Waals surface area contributed by atoms with Gasteiger partial charge in [-0.2, -0.15) is 0 Å². The van der Waals surface area contributed by atoms with Crippen molar-refractivity contribution >= 4 is 17.2 Å². The van der Waals surface area contributed by atoms with Crippen LogP contribution in [-0.4, -0.2) is 16.9 Å². The van der Waals surface area contributed by atoms with E-state index >= 15 is 0 Å². The van der Waals surface area contributed by atoms with Gasteiger partial charge in [-0.05, 0) is 19.8 Å². The summed E-state index contributed by atoms with van der Waals surface area (Å²) in [6.07, 6.45) is 6.04. The second kappa shape index (κ2) is 5.60. The molecular formula is C12H19N3OS. The number of amides is 1. The zero-order chi connectivity index (χ0) is 12.3. The van der Waals surface area contributed by atoms with Gasteiger partial charge in [0.05, 0.1) is 10.7 Å². The Kier molecular flexibility index (Phi) is 4.12. The molecule has 1 amide bonds. The highest BCUT2D eigenvalue weighted by Crippen LogP contribution is 2.22. The van der Waals surface area contributed by atoms with Crippen molar-refractivity contribution in [1.29, 1.82) is 0 Å². The maximum absolute atomic E-state index is 11.5. The molecule has 4 nitrogen and oxygen atoms in total. The van der Waals surface area contributed by atoms with Crippen molar-refractivity contribution in [2.24, 2.45) is 5.73 Å². The Balaban J connectivity index is 2.04. The molecule has 94 valence electrons. The summed E-state index contributed by atoms with van der Waals surface area (Å²) in [6, 6.07) is -0.0219. The van der Waals surface area contributed by atoms with Gasteiger partial charge in [-0.1, -0.05) is 19.3 Å². The standard InChI is InChI=1S/C12H19N3OS/c1-8-14-10(7-17-8)11(12(13)16)15-9-5-3-2-4-6-9/h7,9,11,15H,2-6H2,1H3,(H2,13,16). The van der Waals surface area contributed by atoms with Crippen molar-refractivity contribution in [2.75, 3.05) is 0 Å². The first-order valence-electron chi connectivity index (χ1n) is 6.14. The van der Waals surface area contributed by atoms with Crippen LogP contribution in [0.3, 0.4) is 0 Å². The lowest BCUT2D eigenvalue weighted by Crippen LogP contribution is -2.41. The van der Waals surface area contributed by atoms with E-state index < -0.39 is 6.04 Å². The molecule has 0 radical (unpaired) electrons. The first-order chi connectivity index (χ1) is 8.16. The molecule has 1 aliphatic rings. The van der Waals surface area contributed by atoms with Crippen molar-refractivity contribution in [3.63, 3.8) is 0 Å². The van der Waals surface area contributed by atoms with Crippen LogP contribution < -0.4 is 11.1 Å². The number of hydrogen-bond acceptors (Lipinski definition) is 4. The predicted molar refractivity (Wildman–Crippen MR) is 68.8 cm³/mol. The highest BCUT2D eigenvalue weighted by Gasteiger charge is 2.24. The van der Waals surface area contributed by atoms with E-state index in [9.17, 15) is 4.79 Å². The van der Waals surface area contributed by atoms with Crippen molar-refractivity contribution in [3.8, 4) is 0 Å². The third kappa shape index (κ3) is 3.26. The molecule has 1 heterocycles. The van der Waals surface area contributed by atoms with E-state index in [1.807, 2.05) is 12.3 Å². The number of primary amides is 1. The highest BCUT2D eigenvalue weighted by atomic mass is 32.1. The zero-order valence-corrected chi connectivity index (χ0v) is 10.9. The smallest absolute Gasteiger partial charge is 0.240 e. The Morgan fingerprint density at radius 3 is 2.76 bits per heavy atom. The van der Waals surface area contributed by atoms with Gasteiger partial charge in [0.2, 0.25) is 5.91 Å². The molecule has 2 rings (SSSR count). The molecule has 17 heavy (non-hydrogen) atoms. The van der Waals surface area contributed by atoms with Gasteiger partial charge in [-0.3, -0.25) is 10.1 Å². The zero-order valence-electron chi connectivity index (χ0n) is 10.1. The van der Waals surface area contributed by atoms with E-state index in [0.717, 1.165) is 23.5 Å². The van der Waals surface area contributed by atoms with Gasteiger partial charge in [-0.15, -0.1) is 11.3 Å². The van der Waals surface area contributed by atoms with E-state index in [1.165, 1.54) is 19.3 Å². The van der Waals surface area contributed by atoms with Crippen LogP contribution in [-0.2, 0) is 4.79 Å².